The molecule has 1 N–H and O–H groups in total. The van der Waals surface area contributed by atoms with Crippen LogP contribution in [0.5, 0.6) is 11.5 Å². The van der Waals surface area contributed by atoms with E-state index in [0.717, 1.165) is 5.70 Å². The lowest BCUT2D eigenvalue weighted by atomic mass is 9.79. The molecule has 0 aromatic heterocycles. The van der Waals surface area contributed by atoms with Gasteiger partial charge in [0.05, 0.1) is 24.4 Å². The fourth-order valence-corrected chi connectivity index (χ4v) is 4.24. The number of ketones is 2. The van der Waals surface area contributed by atoms with Crippen molar-refractivity contribution < 1.29 is 19.4 Å². The van der Waals surface area contributed by atoms with Crippen LogP contribution in [0.1, 0.15) is 18.4 Å². The fourth-order valence-electron chi connectivity index (χ4n) is 4.24. The summed E-state index contributed by atoms with van der Waals surface area (Å²) in [6, 6.07) is 6.90. The number of nitrogens with zero attached hydrogens (tertiary/aromatic N) is 2. The van der Waals surface area contributed by atoms with Gasteiger partial charge in [-0.1, -0.05) is 30.4 Å². The second-order valence-electron chi connectivity index (χ2n) is 7.65. The number of benzene rings is 1. The van der Waals surface area contributed by atoms with Gasteiger partial charge in [0.2, 0.25) is 11.6 Å². The highest BCUT2D eigenvalue weighted by molar-refractivity contribution is 6.21. The zero-order valence-corrected chi connectivity index (χ0v) is 16.0. The topological polar surface area (TPSA) is 90.6 Å². The SMILES string of the molecule is N#CC1C=CC(N2Cc3cc(O)ccc3OC3=C2C(=O)C2=CC=CCC2C3=O)=CC1. The molecule has 30 heavy (non-hydrogen) atoms. The molecule has 3 aliphatic carbocycles. The van der Waals surface area contributed by atoms with Gasteiger partial charge < -0.3 is 14.7 Å². The second-order valence-corrected chi connectivity index (χ2v) is 7.65. The lowest BCUT2D eigenvalue weighted by Gasteiger charge is -2.33. The highest BCUT2D eigenvalue weighted by Gasteiger charge is 2.44. The molecule has 0 saturated heterocycles. The minimum absolute atomic E-state index is 0.0404. The first-order valence-electron chi connectivity index (χ1n) is 9.82. The number of ether oxygens (including phenoxy) is 1. The summed E-state index contributed by atoms with van der Waals surface area (Å²) in [5.41, 5.74) is 2.07. The van der Waals surface area contributed by atoms with Gasteiger partial charge in [0.15, 0.2) is 5.76 Å². The van der Waals surface area contributed by atoms with E-state index in [-0.39, 0.29) is 41.2 Å². The molecule has 6 nitrogen and oxygen atoms in total. The summed E-state index contributed by atoms with van der Waals surface area (Å²) in [6.07, 6.45) is 11.9. The van der Waals surface area contributed by atoms with E-state index in [2.05, 4.69) is 6.07 Å². The van der Waals surface area contributed by atoms with Crippen molar-refractivity contribution >= 4 is 11.6 Å². The summed E-state index contributed by atoms with van der Waals surface area (Å²) in [6.45, 7) is 0.253. The minimum atomic E-state index is -0.541. The third-order valence-corrected chi connectivity index (χ3v) is 5.80. The smallest absolute Gasteiger partial charge is 0.210 e. The third-order valence-electron chi connectivity index (χ3n) is 5.80. The maximum absolute atomic E-state index is 13.5. The number of Topliss-reactive ketones (excluding diaryl/α,β-unsaturated/α-hetero) is 2. The van der Waals surface area contributed by atoms with Crippen molar-refractivity contribution in [3.05, 3.63) is 82.9 Å². The predicted molar refractivity (Wildman–Crippen MR) is 108 cm³/mol. The Morgan fingerprint density at radius 3 is 2.87 bits per heavy atom. The van der Waals surface area contributed by atoms with Crippen LogP contribution in [-0.4, -0.2) is 21.6 Å². The molecular formula is C24H18N2O4. The number of nitriles is 1. The van der Waals surface area contributed by atoms with Gasteiger partial charge in [0.1, 0.15) is 17.2 Å². The summed E-state index contributed by atoms with van der Waals surface area (Å²) >= 11 is 0. The summed E-state index contributed by atoms with van der Waals surface area (Å²) in [4.78, 5) is 28.6. The number of hydrogen-bond donors (Lipinski definition) is 1. The number of rotatable bonds is 1. The summed E-state index contributed by atoms with van der Waals surface area (Å²) in [7, 11) is 0. The quantitative estimate of drug-likeness (QED) is 0.779. The van der Waals surface area contributed by atoms with Gasteiger partial charge in [-0.2, -0.15) is 5.26 Å². The standard InChI is InChI=1S/C24H18N2O4/c25-12-14-5-7-16(8-6-14)26-13-15-11-17(27)9-10-20(15)30-24-21(26)22(28)18-3-1-2-4-19(18)23(24)29/h1-3,5,7-11,14,19,27H,4,6,13H2. The maximum atomic E-state index is 13.5. The molecule has 0 radical (unpaired) electrons. The van der Waals surface area contributed by atoms with E-state index in [1.165, 1.54) is 6.07 Å². The van der Waals surface area contributed by atoms with Crippen molar-refractivity contribution in [2.75, 3.05) is 0 Å². The first kappa shape index (κ1) is 18.2. The van der Waals surface area contributed by atoms with Crippen molar-refractivity contribution in [1.82, 2.24) is 4.90 Å². The lowest BCUT2D eigenvalue weighted by molar-refractivity contribution is -0.125. The second kappa shape index (κ2) is 6.89. The number of aromatic hydroxyl groups is 1. The predicted octanol–water partition coefficient (Wildman–Crippen LogP) is 3.44. The molecule has 0 bridgehead atoms. The number of fused-ring (bicyclic) bond motifs is 2. The van der Waals surface area contributed by atoms with Crippen molar-refractivity contribution in [3.63, 3.8) is 0 Å². The maximum Gasteiger partial charge on any atom is 0.210 e. The van der Waals surface area contributed by atoms with E-state index in [1.807, 2.05) is 12.2 Å². The zero-order chi connectivity index (χ0) is 20.8. The Balaban J connectivity index is 1.68. The van der Waals surface area contributed by atoms with Crippen LogP contribution in [0.2, 0.25) is 0 Å². The fraction of sp³-hybridized carbons (Fsp3) is 0.208. The van der Waals surface area contributed by atoms with E-state index in [9.17, 15) is 20.0 Å². The van der Waals surface area contributed by atoms with Crippen LogP contribution in [0, 0.1) is 23.2 Å². The molecular weight excluding hydrogens is 380 g/mol. The molecule has 1 aromatic carbocycles. The van der Waals surface area contributed by atoms with Crippen molar-refractivity contribution in [1.29, 1.82) is 5.26 Å². The van der Waals surface area contributed by atoms with Crippen LogP contribution in [0.4, 0.5) is 0 Å². The van der Waals surface area contributed by atoms with Gasteiger partial charge in [0.25, 0.3) is 0 Å². The van der Waals surface area contributed by atoms with Crippen LogP contribution in [0.15, 0.2) is 77.4 Å². The van der Waals surface area contributed by atoms with Crippen LogP contribution < -0.4 is 4.74 Å². The van der Waals surface area contributed by atoms with Gasteiger partial charge >= 0.3 is 0 Å². The highest BCUT2D eigenvalue weighted by Crippen LogP contribution is 2.41. The van der Waals surface area contributed by atoms with Gasteiger partial charge in [-0.05, 0) is 37.1 Å². The monoisotopic (exact) mass is 398 g/mol. The molecule has 0 amide bonds. The van der Waals surface area contributed by atoms with Gasteiger partial charge in [-0.3, -0.25) is 9.59 Å². The van der Waals surface area contributed by atoms with Crippen LogP contribution in [-0.2, 0) is 16.1 Å². The van der Waals surface area contributed by atoms with E-state index < -0.39 is 5.92 Å². The number of allylic oxidation sites excluding steroid dienone is 8. The summed E-state index contributed by atoms with van der Waals surface area (Å²) in [5.74, 6) is -0.652. The Labute approximate surface area is 173 Å². The Morgan fingerprint density at radius 1 is 1.23 bits per heavy atom. The van der Waals surface area contributed by atoms with E-state index in [1.54, 1.807) is 41.3 Å². The van der Waals surface area contributed by atoms with E-state index in [4.69, 9.17) is 4.74 Å². The molecule has 0 saturated carbocycles. The first-order valence-corrected chi connectivity index (χ1v) is 9.82. The highest BCUT2D eigenvalue weighted by atomic mass is 16.5. The number of phenols is 1. The molecule has 1 heterocycles. The Hall–Kier alpha value is -3.85. The molecule has 0 fully saturated rings. The Bertz CT molecular complexity index is 1180. The summed E-state index contributed by atoms with van der Waals surface area (Å²) < 4.78 is 6.01. The van der Waals surface area contributed by atoms with E-state index in [0.29, 0.717) is 29.7 Å². The van der Waals surface area contributed by atoms with Crippen LogP contribution in [0.3, 0.4) is 0 Å². The van der Waals surface area contributed by atoms with Crippen LogP contribution in [0.25, 0.3) is 0 Å². The number of phenolic OH excluding ortho intramolecular Hbond substituents is 1. The minimum Gasteiger partial charge on any atom is -0.508 e. The van der Waals surface area contributed by atoms with E-state index >= 15 is 0 Å². The van der Waals surface area contributed by atoms with Gasteiger partial charge in [-0.25, -0.2) is 0 Å². The Kier molecular flexibility index (Phi) is 4.18. The largest absolute Gasteiger partial charge is 0.508 e. The number of carbonyl (C=O) groups excluding carboxylic acids is 2. The van der Waals surface area contributed by atoms with Crippen LogP contribution >= 0.6 is 0 Å². The average Bonchev–Trinajstić information content (AvgIpc) is 2.94. The normalized spacial score (nSPS) is 24.7. The molecule has 0 spiro atoms. The molecule has 2 unspecified atom stereocenters. The van der Waals surface area contributed by atoms with Crippen molar-refractivity contribution in [2.45, 2.75) is 19.4 Å². The number of hydrogen-bond acceptors (Lipinski definition) is 6. The molecule has 6 heteroatoms. The molecule has 1 aromatic rings. The third kappa shape index (κ3) is 2.79. The lowest BCUT2D eigenvalue weighted by Crippen LogP contribution is -2.39. The zero-order valence-electron chi connectivity index (χ0n) is 16.0. The molecule has 4 aliphatic rings. The average molecular weight is 398 g/mol. The molecule has 5 rings (SSSR count). The van der Waals surface area contributed by atoms with Crippen molar-refractivity contribution in [3.8, 4) is 17.6 Å². The Morgan fingerprint density at radius 2 is 2.10 bits per heavy atom. The molecule has 1 aliphatic heterocycles. The number of carbonyl (C=O) groups is 2. The molecule has 2 atom stereocenters. The summed E-state index contributed by atoms with van der Waals surface area (Å²) in [5, 5.41) is 19.1. The van der Waals surface area contributed by atoms with Gasteiger partial charge in [-0.15, -0.1) is 0 Å². The van der Waals surface area contributed by atoms with Crippen molar-refractivity contribution in [2.24, 2.45) is 11.8 Å². The van der Waals surface area contributed by atoms with Gasteiger partial charge in [0, 0.05) is 16.8 Å². The first-order chi connectivity index (χ1) is 14.6. The molecule has 148 valence electrons.